The number of carbonyl (C=O) groups is 2. The summed E-state index contributed by atoms with van der Waals surface area (Å²) in [7, 11) is -1.00. The highest BCUT2D eigenvalue weighted by Crippen LogP contribution is 2.32. The van der Waals surface area contributed by atoms with Gasteiger partial charge < -0.3 is 20.9 Å². The minimum Gasteiger partial charge on any atom is -0.462 e. The number of nitrogen functional groups attached to an aromatic ring is 2. The van der Waals surface area contributed by atoms with Gasteiger partial charge in [0.1, 0.15) is 11.1 Å². The summed E-state index contributed by atoms with van der Waals surface area (Å²) in [5, 5.41) is 0. The molecule has 3 aromatic rings. The number of carbonyl (C=O) groups excluding carboxylic acids is 2. The molecule has 0 saturated carbocycles. The van der Waals surface area contributed by atoms with E-state index in [0.717, 1.165) is 16.8 Å². The van der Waals surface area contributed by atoms with Gasteiger partial charge in [-0.25, -0.2) is 9.59 Å². The number of halogens is 1. The Balaban J connectivity index is 0.000000258. The van der Waals surface area contributed by atoms with Crippen LogP contribution in [0.5, 0.6) is 0 Å². The second kappa shape index (κ2) is 13.5. The molecule has 2 aromatic heterocycles. The standard InChI is InChI=1S/C17H16N2O2.C8H11N3O2.CH3F/c1-3-21-17(20)14-10-18-9-12-8-15(19-16(12)14)13-7-5-4-6-11(13)2;1-2-13-8(12)5-3-11-4-6(9)7(5)10;1-2/h4-7,9-10H,3,8H2,1-2H3;3-4H,2,9H2,1H3,(H2,10,11);1H3/i;;1D. The van der Waals surface area contributed by atoms with Crippen LogP contribution in [0.2, 0.25) is 0 Å². The first-order valence-corrected chi connectivity index (χ1v) is 11.1. The van der Waals surface area contributed by atoms with Crippen molar-refractivity contribution in [2.45, 2.75) is 27.2 Å². The number of alkyl halides is 1. The van der Waals surface area contributed by atoms with Crippen molar-refractivity contribution in [2.75, 3.05) is 31.8 Å². The molecule has 0 bridgehead atoms. The first-order valence-electron chi connectivity index (χ1n) is 11.8. The van der Waals surface area contributed by atoms with Gasteiger partial charge in [-0.15, -0.1) is 0 Å². The number of aliphatic imine (C=N–C) groups is 1. The highest BCUT2D eigenvalue weighted by Gasteiger charge is 2.23. The normalized spacial score (nSPS) is 11.4. The molecule has 0 unspecified atom stereocenters. The Morgan fingerprint density at radius 2 is 1.58 bits per heavy atom. The van der Waals surface area contributed by atoms with Crippen LogP contribution in [-0.4, -0.2) is 48.0 Å². The van der Waals surface area contributed by atoms with Crippen molar-refractivity contribution < 1.29 is 24.8 Å². The topological polar surface area (TPSA) is 143 Å². The van der Waals surface area contributed by atoms with Crippen molar-refractivity contribution in [3.63, 3.8) is 0 Å². The number of pyridine rings is 2. The minimum atomic E-state index is -1.00. The lowest BCUT2D eigenvalue weighted by Gasteiger charge is -2.05. The summed E-state index contributed by atoms with van der Waals surface area (Å²) in [4.78, 5) is 35.7. The lowest BCUT2D eigenvalue weighted by molar-refractivity contribution is 0.0517. The predicted molar refractivity (Wildman–Crippen MR) is 137 cm³/mol. The number of rotatable bonds is 5. The van der Waals surface area contributed by atoms with E-state index < -0.39 is 13.1 Å². The number of benzene rings is 1. The summed E-state index contributed by atoms with van der Waals surface area (Å²) in [5.74, 6) is -0.864. The van der Waals surface area contributed by atoms with Crippen molar-refractivity contribution in [3.8, 4) is 0 Å². The number of nitrogens with zero attached hydrogens (tertiary/aromatic N) is 3. The summed E-state index contributed by atoms with van der Waals surface area (Å²) >= 11 is 0. The average molecular weight is 497 g/mol. The molecule has 1 aliphatic rings. The number of hydrogen-bond donors (Lipinski definition) is 2. The van der Waals surface area contributed by atoms with Gasteiger partial charge in [0.2, 0.25) is 0 Å². The molecule has 3 heterocycles. The van der Waals surface area contributed by atoms with Crippen molar-refractivity contribution in [2.24, 2.45) is 4.99 Å². The number of fused-ring (bicyclic) bond motifs is 1. The monoisotopic (exact) mass is 496 g/mol. The van der Waals surface area contributed by atoms with Crippen molar-refractivity contribution in [1.82, 2.24) is 9.97 Å². The fourth-order valence-electron chi connectivity index (χ4n) is 3.38. The molecule has 4 rings (SSSR count). The van der Waals surface area contributed by atoms with E-state index in [-0.39, 0.29) is 22.9 Å². The molecule has 0 radical (unpaired) electrons. The second-order valence-electron chi connectivity index (χ2n) is 7.38. The Bertz CT molecular complexity index is 1270. The number of esters is 2. The molecule has 0 saturated heterocycles. The van der Waals surface area contributed by atoms with E-state index in [1.807, 2.05) is 12.1 Å². The number of anilines is 2. The third-order valence-electron chi connectivity index (χ3n) is 5.06. The zero-order valence-corrected chi connectivity index (χ0v) is 20.5. The highest BCUT2D eigenvalue weighted by molar-refractivity contribution is 6.10. The van der Waals surface area contributed by atoms with Crippen molar-refractivity contribution >= 4 is 34.7 Å². The largest absolute Gasteiger partial charge is 0.462 e. The molecule has 0 aliphatic carbocycles. The Kier molecular flexibility index (Phi) is 9.87. The molecule has 10 heteroatoms. The molecule has 9 nitrogen and oxygen atoms in total. The third kappa shape index (κ3) is 6.62. The SMILES string of the molecule is CCOC(=O)c1cncc(N)c1N.CCOC(=O)c1cncc2c1N=C(c1ccccc1C)C2.[2H]CF. The first kappa shape index (κ1) is 26.3. The van der Waals surface area contributed by atoms with Gasteiger partial charge in [0.15, 0.2) is 0 Å². The molecule has 4 N–H and O–H groups in total. The van der Waals surface area contributed by atoms with E-state index in [0.29, 0.717) is 30.9 Å². The van der Waals surface area contributed by atoms with Crippen LogP contribution in [0.3, 0.4) is 0 Å². The fourth-order valence-corrected chi connectivity index (χ4v) is 3.38. The lowest BCUT2D eigenvalue weighted by Crippen LogP contribution is -2.10. The quantitative estimate of drug-likeness (QED) is 0.499. The summed E-state index contributed by atoms with van der Waals surface area (Å²) in [6.45, 7) is 6.21. The van der Waals surface area contributed by atoms with Gasteiger partial charge in [-0.2, -0.15) is 0 Å². The average Bonchev–Trinajstić information content (AvgIpc) is 3.31. The molecule has 1 aliphatic heterocycles. The molecule has 190 valence electrons. The number of nitrogens with two attached hydrogens (primary N) is 2. The molecular formula is C26H30FN5O4. The molecule has 0 atom stereocenters. The molecule has 36 heavy (non-hydrogen) atoms. The maximum absolute atomic E-state index is 12.0. The second-order valence-corrected chi connectivity index (χ2v) is 7.38. The van der Waals surface area contributed by atoms with Crippen LogP contribution in [-0.2, 0) is 15.9 Å². The van der Waals surface area contributed by atoms with Crippen LogP contribution in [0, 0.1) is 6.92 Å². The van der Waals surface area contributed by atoms with Crippen LogP contribution < -0.4 is 11.5 Å². The van der Waals surface area contributed by atoms with Gasteiger partial charge in [0.05, 0.1) is 50.7 Å². The number of ether oxygens (including phenoxy) is 2. The van der Waals surface area contributed by atoms with Gasteiger partial charge in [0.25, 0.3) is 0 Å². The highest BCUT2D eigenvalue weighted by atomic mass is 19.1. The van der Waals surface area contributed by atoms with E-state index in [4.69, 9.17) is 22.3 Å². The van der Waals surface area contributed by atoms with Gasteiger partial charge in [0, 0.05) is 30.6 Å². The fraction of sp³-hybridized carbons (Fsp3) is 0.269. The number of hydrogen-bond acceptors (Lipinski definition) is 9. The molecule has 0 fully saturated rings. The van der Waals surface area contributed by atoms with E-state index in [9.17, 15) is 14.0 Å². The molecule has 0 amide bonds. The van der Waals surface area contributed by atoms with E-state index in [1.165, 1.54) is 24.2 Å². The van der Waals surface area contributed by atoms with Gasteiger partial charge >= 0.3 is 11.9 Å². The first-order chi connectivity index (χ1) is 17.8. The maximum Gasteiger partial charge on any atom is 0.341 e. The van der Waals surface area contributed by atoms with E-state index in [1.54, 1.807) is 20.0 Å². The summed E-state index contributed by atoms with van der Waals surface area (Å²) in [6.07, 6.45) is 6.72. The van der Waals surface area contributed by atoms with Crippen LogP contribution in [0.15, 0.2) is 54.0 Å². The van der Waals surface area contributed by atoms with Crippen LogP contribution in [0.1, 0.15) is 52.6 Å². The van der Waals surface area contributed by atoms with Crippen LogP contribution in [0.4, 0.5) is 21.5 Å². The van der Waals surface area contributed by atoms with Crippen molar-refractivity contribution in [3.05, 3.63) is 76.9 Å². The zero-order chi connectivity index (χ0) is 27.4. The third-order valence-corrected chi connectivity index (χ3v) is 5.06. The number of aromatic nitrogens is 2. The van der Waals surface area contributed by atoms with Crippen LogP contribution in [0.25, 0.3) is 0 Å². The molecular weight excluding hydrogens is 465 g/mol. The van der Waals surface area contributed by atoms with Crippen LogP contribution >= 0.6 is 0 Å². The summed E-state index contributed by atoms with van der Waals surface area (Å²) < 4.78 is 25.3. The lowest BCUT2D eigenvalue weighted by atomic mass is 10.0. The summed E-state index contributed by atoms with van der Waals surface area (Å²) in [6, 6.07) is 8.12. The van der Waals surface area contributed by atoms with E-state index >= 15 is 0 Å². The Labute approximate surface area is 210 Å². The van der Waals surface area contributed by atoms with Gasteiger partial charge in [-0.1, -0.05) is 24.3 Å². The molecule has 1 aromatic carbocycles. The smallest absolute Gasteiger partial charge is 0.341 e. The Morgan fingerprint density at radius 1 is 1.00 bits per heavy atom. The summed E-state index contributed by atoms with van der Waals surface area (Å²) in [5.41, 5.74) is 17.1. The minimum absolute atomic E-state index is 0.210. The van der Waals surface area contributed by atoms with Gasteiger partial charge in [-0.3, -0.25) is 19.4 Å². The maximum atomic E-state index is 12.0. The Morgan fingerprint density at radius 3 is 2.22 bits per heavy atom. The molecule has 0 spiro atoms. The predicted octanol–water partition coefficient (Wildman–Crippen LogP) is 4.25. The van der Waals surface area contributed by atoms with Crippen molar-refractivity contribution in [1.29, 1.82) is 0 Å². The number of aryl methyl sites for hydroxylation is 1. The zero-order valence-electron chi connectivity index (χ0n) is 21.5. The van der Waals surface area contributed by atoms with E-state index in [2.05, 4.69) is 34.0 Å². The van der Waals surface area contributed by atoms with Gasteiger partial charge in [-0.05, 0) is 31.9 Å². The Hall–Kier alpha value is -4.34.